The van der Waals surface area contributed by atoms with E-state index in [9.17, 15) is 8.42 Å². The molecule has 0 aliphatic carbocycles. The van der Waals surface area contributed by atoms with Crippen LogP contribution in [-0.4, -0.2) is 29.7 Å². The van der Waals surface area contributed by atoms with Crippen molar-refractivity contribution in [2.45, 2.75) is 58.0 Å². The molecule has 0 fully saturated rings. The zero-order valence-corrected chi connectivity index (χ0v) is 14.7. The molecule has 0 spiro atoms. The Labute approximate surface area is 123 Å². The Kier molecular flexibility index (Phi) is 3.56. The van der Waals surface area contributed by atoms with E-state index >= 15 is 0 Å². The van der Waals surface area contributed by atoms with Crippen LogP contribution < -0.4 is 4.74 Å². The summed E-state index contributed by atoms with van der Waals surface area (Å²) in [5, 5.41) is 0. The van der Waals surface area contributed by atoms with Crippen molar-refractivity contribution in [2.24, 2.45) is 0 Å². The van der Waals surface area contributed by atoms with Crippen molar-refractivity contribution in [3.8, 4) is 5.75 Å². The molecular formula is C14H19AsO3S. The van der Waals surface area contributed by atoms with Crippen molar-refractivity contribution in [2.75, 3.05) is 0 Å². The average molecular weight is 342 g/mol. The van der Waals surface area contributed by atoms with E-state index in [4.69, 9.17) is 4.74 Å². The molecule has 1 aliphatic heterocycles. The minimum atomic E-state index is -3.27. The summed E-state index contributed by atoms with van der Waals surface area (Å²) in [6, 6.07) is 0. The summed E-state index contributed by atoms with van der Waals surface area (Å²) in [7, 11) is -3.27. The molecule has 1 aromatic rings. The third-order valence-corrected chi connectivity index (χ3v) is 6.20. The molecule has 104 valence electrons. The topological polar surface area (TPSA) is 43.4 Å². The predicted molar refractivity (Wildman–Crippen MR) is 76.6 cm³/mol. The molecule has 0 amide bonds. The van der Waals surface area contributed by atoms with Gasteiger partial charge >= 0.3 is 123 Å². The summed E-state index contributed by atoms with van der Waals surface area (Å²) in [4.78, 5) is 0.451. The first-order valence-electron chi connectivity index (χ1n) is 6.34. The Morgan fingerprint density at radius 1 is 1.11 bits per heavy atom. The van der Waals surface area contributed by atoms with E-state index in [0.29, 0.717) is 4.90 Å². The Balaban J connectivity index is 2.78. The van der Waals surface area contributed by atoms with E-state index in [1.54, 1.807) is 15.7 Å². The Morgan fingerprint density at radius 3 is 2.21 bits per heavy atom. The Hall–Kier alpha value is -0.472. The molecular weight excluding hydrogens is 323 g/mol. The summed E-state index contributed by atoms with van der Waals surface area (Å²) in [6.07, 6.45) is 1.77. The van der Waals surface area contributed by atoms with Crippen molar-refractivity contribution in [1.82, 2.24) is 0 Å². The first-order chi connectivity index (χ1) is 8.54. The van der Waals surface area contributed by atoms with Gasteiger partial charge in [-0.1, -0.05) is 0 Å². The predicted octanol–water partition coefficient (Wildman–Crippen LogP) is 2.57. The molecule has 1 heterocycles. The number of rotatable bonds is 1. The molecule has 5 heteroatoms. The summed E-state index contributed by atoms with van der Waals surface area (Å²) in [5.41, 5.74) is 3.45. The van der Waals surface area contributed by atoms with Gasteiger partial charge in [0.15, 0.2) is 0 Å². The molecule has 0 saturated carbocycles. The van der Waals surface area contributed by atoms with Gasteiger partial charge in [0.25, 0.3) is 0 Å². The summed E-state index contributed by atoms with van der Waals surface area (Å²) in [5.74, 6) is 0.881. The molecule has 2 rings (SSSR count). The first kappa shape index (κ1) is 14.9. The number of benzene rings is 1. The number of fused-ring (bicyclic) bond motifs is 1. The van der Waals surface area contributed by atoms with Crippen LogP contribution in [0.1, 0.15) is 42.5 Å². The molecule has 2 radical (unpaired) electrons. The fraction of sp³-hybridized carbons (Fsp3) is 0.571. The van der Waals surface area contributed by atoms with Gasteiger partial charge in [0.1, 0.15) is 0 Å². The van der Waals surface area contributed by atoms with Gasteiger partial charge < -0.3 is 0 Å². The van der Waals surface area contributed by atoms with Crippen molar-refractivity contribution >= 4 is 23.8 Å². The van der Waals surface area contributed by atoms with Gasteiger partial charge in [0.2, 0.25) is 0 Å². The van der Waals surface area contributed by atoms with Gasteiger partial charge in [-0.25, -0.2) is 0 Å². The zero-order valence-electron chi connectivity index (χ0n) is 12.0. The number of hydrogen-bond donors (Lipinski definition) is 0. The zero-order chi connectivity index (χ0) is 14.6. The second-order valence-corrected chi connectivity index (χ2v) is 10.2. The van der Waals surface area contributed by atoms with Crippen LogP contribution in [0.15, 0.2) is 4.90 Å². The van der Waals surface area contributed by atoms with E-state index in [1.807, 2.05) is 20.8 Å². The minimum absolute atomic E-state index is 0.181. The van der Waals surface area contributed by atoms with Crippen LogP contribution in [-0.2, 0) is 14.5 Å². The average Bonchev–Trinajstić information content (AvgIpc) is 2.23. The Morgan fingerprint density at radius 2 is 1.68 bits per heavy atom. The van der Waals surface area contributed by atoms with E-state index in [-0.39, 0.29) is 5.60 Å². The van der Waals surface area contributed by atoms with Crippen molar-refractivity contribution in [3.05, 3.63) is 22.3 Å². The molecule has 1 aromatic carbocycles. The molecule has 0 N–H and O–H groups in total. The fourth-order valence-electron chi connectivity index (χ4n) is 2.73. The SMILES string of the molecule is Cc1c(C)c(S(=O)(=O)[As])c(C)c2c1OC(C)(C)CC2. The van der Waals surface area contributed by atoms with E-state index in [1.165, 1.54) is 0 Å². The Bertz CT molecular complexity index is 645. The van der Waals surface area contributed by atoms with Crippen LogP contribution in [0.3, 0.4) is 0 Å². The number of hydrogen-bond acceptors (Lipinski definition) is 3. The van der Waals surface area contributed by atoms with Crippen molar-refractivity contribution in [3.63, 3.8) is 0 Å². The van der Waals surface area contributed by atoms with Crippen molar-refractivity contribution in [1.29, 1.82) is 0 Å². The molecule has 0 atom stereocenters. The first-order valence-corrected chi connectivity index (χ1v) is 10.1. The molecule has 3 nitrogen and oxygen atoms in total. The van der Waals surface area contributed by atoms with Gasteiger partial charge in [-0.2, -0.15) is 0 Å². The third-order valence-electron chi connectivity index (χ3n) is 3.92. The molecule has 0 bridgehead atoms. The van der Waals surface area contributed by atoms with Crippen LogP contribution in [0.2, 0.25) is 0 Å². The quantitative estimate of drug-likeness (QED) is 0.737. The maximum absolute atomic E-state index is 12.0. The molecule has 0 aromatic heterocycles. The third kappa shape index (κ3) is 2.57. The summed E-state index contributed by atoms with van der Waals surface area (Å²) < 4.78 is 30.0. The second kappa shape index (κ2) is 4.53. The van der Waals surface area contributed by atoms with E-state index in [0.717, 1.165) is 40.8 Å². The molecule has 19 heavy (non-hydrogen) atoms. The van der Waals surface area contributed by atoms with E-state index in [2.05, 4.69) is 13.8 Å². The van der Waals surface area contributed by atoms with Gasteiger partial charge in [-0.3, -0.25) is 0 Å². The van der Waals surface area contributed by atoms with Crippen LogP contribution in [0.5, 0.6) is 5.75 Å². The normalized spacial score (nSPS) is 17.8. The maximum atomic E-state index is 12.0. The van der Waals surface area contributed by atoms with Crippen LogP contribution in [0, 0.1) is 20.8 Å². The second-order valence-electron chi connectivity index (χ2n) is 5.85. The van der Waals surface area contributed by atoms with Crippen LogP contribution in [0.25, 0.3) is 0 Å². The van der Waals surface area contributed by atoms with Gasteiger partial charge in [0, 0.05) is 0 Å². The number of ether oxygens (including phenoxy) is 1. The van der Waals surface area contributed by atoms with Gasteiger partial charge in [0.05, 0.1) is 0 Å². The standard InChI is InChI=1S/C14H19AsO3S/c1-8-9(2)13(19(15,16)17)10(3)11-6-7-14(4,5)18-12(8)11/h6-7H2,1-5H3. The fourth-order valence-corrected chi connectivity index (χ4v) is 5.51. The van der Waals surface area contributed by atoms with E-state index < -0.39 is 8.10 Å². The van der Waals surface area contributed by atoms with Gasteiger partial charge in [-0.15, -0.1) is 0 Å². The summed E-state index contributed by atoms with van der Waals surface area (Å²) >= 11 is 1.79. The molecule has 0 saturated heterocycles. The van der Waals surface area contributed by atoms with Gasteiger partial charge in [-0.05, 0) is 0 Å². The van der Waals surface area contributed by atoms with Crippen LogP contribution in [0.4, 0.5) is 0 Å². The van der Waals surface area contributed by atoms with Crippen LogP contribution >= 0.6 is 0 Å². The molecule has 1 aliphatic rings. The monoisotopic (exact) mass is 342 g/mol. The van der Waals surface area contributed by atoms with Crippen molar-refractivity contribution < 1.29 is 13.2 Å². The molecule has 0 unspecified atom stereocenters. The summed E-state index contributed by atoms with van der Waals surface area (Å²) in [6.45, 7) is 9.82.